The van der Waals surface area contributed by atoms with Crippen LogP contribution in [0.15, 0.2) is 65.9 Å². The molecule has 0 saturated heterocycles. The Morgan fingerprint density at radius 3 is 2.78 bits per heavy atom. The van der Waals surface area contributed by atoms with Gasteiger partial charge in [0.05, 0.1) is 32.6 Å². The van der Waals surface area contributed by atoms with Crippen LogP contribution in [0, 0.1) is 0 Å². The lowest BCUT2D eigenvalue weighted by Crippen LogP contribution is -2.32. The van der Waals surface area contributed by atoms with Gasteiger partial charge in [0.15, 0.2) is 17.5 Å². The van der Waals surface area contributed by atoms with E-state index in [2.05, 4.69) is 15.7 Å². The molecular weight excluding hydrogens is 406 g/mol. The second-order valence-electron chi connectivity index (χ2n) is 7.47. The smallest absolute Gasteiger partial charge is 0.196 e. The van der Waals surface area contributed by atoms with Gasteiger partial charge in [-0.05, 0) is 30.7 Å². The average molecular weight is 436 g/mol. The molecule has 4 rings (SSSR count). The monoisotopic (exact) mass is 435 g/mol. The minimum absolute atomic E-state index is 0.522. The summed E-state index contributed by atoms with van der Waals surface area (Å²) in [6.07, 6.45) is 5.50. The molecule has 0 unspecified atom stereocenters. The third-order valence-electron chi connectivity index (χ3n) is 4.81. The maximum Gasteiger partial charge on any atom is 0.196 e. The van der Waals surface area contributed by atoms with E-state index in [-0.39, 0.29) is 0 Å². The van der Waals surface area contributed by atoms with Gasteiger partial charge in [0.25, 0.3) is 0 Å². The van der Waals surface area contributed by atoms with Crippen LogP contribution >= 0.6 is 0 Å². The lowest BCUT2D eigenvalue weighted by Gasteiger charge is -2.15. The summed E-state index contributed by atoms with van der Waals surface area (Å²) in [7, 11) is 1.90. The average Bonchev–Trinajstić information content (AvgIpc) is 3.09. The van der Waals surface area contributed by atoms with E-state index in [1.165, 1.54) is 0 Å². The third-order valence-corrected chi connectivity index (χ3v) is 4.81. The van der Waals surface area contributed by atoms with Gasteiger partial charge in [-0.1, -0.05) is 18.2 Å². The first kappa shape index (κ1) is 21.5. The molecule has 32 heavy (non-hydrogen) atoms. The SMILES string of the molecule is Cn1cc(CN=C(NCCCOc2ccccc2)Nc2ccc3c(c2)OCCCO3)cn1. The topological polar surface area (TPSA) is 81.9 Å². The summed E-state index contributed by atoms with van der Waals surface area (Å²) >= 11 is 0. The van der Waals surface area contributed by atoms with Crippen LogP contribution < -0.4 is 24.8 Å². The first-order chi connectivity index (χ1) is 15.8. The maximum absolute atomic E-state index is 5.81. The number of fused-ring (bicyclic) bond motifs is 1. The number of hydrogen-bond acceptors (Lipinski definition) is 5. The molecule has 168 valence electrons. The predicted molar refractivity (Wildman–Crippen MR) is 125 cm³/mol. The highest BCUT2D eigenvalue weighted by Gasteiger charge is 2.11. The molecule has 2 heterocycles. The highest BCUT2D eigenvalue weighted by atomic mass is 16.5. The Morgan fingerprint density at radius 2 is 1.97 bits per heavy atom. The van der Waals surface area contributed by atoms with Crippen LogP contribution in [0.1, 0.15) is 18.4 Å². The molecule has 1 aliphatic rings. The van der Waals surface area contributed by atoms with Crippen molar-refractivity contribution in [2.45, 2.75) is 19.4 Å². The predicted octanol–water partition coefficient (Wildman–Crippen LogP) is 3.61. The fourth-order valence-corrected chi connectivity index (χ4v) is 3.23. The number of ether oxygens (including phenoxy) is 3. The van der Waals surface area contributed by atoms with E-state index in [4.69, 9.17) is 19.2 Å². The van der Waals surface area contributed by atoms with Crippen LogP contribution in [-0.4, -0.2) is 42.1 Å². The second kappa shape index (κ2) is 11.1. The summed E-state index contributed by atoms with van der Waals surface area (Å²) in [6, 6.07) is 15.7. The van der Waals surface area contributed by atoms with Crippen LogP contribution in [-0.2, 0) is 13.6 Å². The molecule has 8 heteroatoms. The van der Waals surface area contributed by atoms with E-state index >= 15 is 0 Å². The van der Waals surface area contributed by atoms with E-state index in [0.717, 1.165) is 47.9 Å². The zero-order valence-corrected chi connectivity index (χ0v) is 18.3. The number of hydrogen-bond donors (Lipinski definition) is 2. The van der Waals surface area contributed by atoms with E-state index < -0.39 is 0 Å². The summed E-state index contributed by atoms with van der Waals surface area (Å²) in [5.41, 5.74) is 1.92. The van der Waals surface area contributed by atoms with Crippen molar-refractivity contribution in [1.82, 2.24) is 15.1 Å². The van der Waals surface area contributed by atoms with Crippen molar-refractivity contribution in [2.75, 3.05) is 31.7 Å². The van der Waals surface area contributed by atoms with Crippen LogP contribution in [0.2, 0.25) is 0 Å². The fourth-order valence-electron chi connectivity index (χ4n) is 3.23. The number of nitrogens with one attached hydrogen (secondary N) is 2. The molecule has 2 N–H and O–H groups in total. The van der Waals surface area contributed by atoms with Gasteiger partial charge in [0.1, 0.15) is 5.75 Å². The van der Waals surface area contributed by atoms with E-state index in [1.54, 1.807) is 4.68 Å². The summed E-state index contributed by atoms with van der Waals surface area (Å²) in [5.74, 6) is 3.08. The van der Waals surface area contributed by atoms with Crippen molar-refractivity contribution in [2.24, 2.45) is 12.0 Å². The van der Waals surface area contributed by atoms with Crippen LogP contribution in [0.3, 0.4) is 0 Å². The van der Waals surface area contributed by atoms with E-state index in [0.29, 0.717) is 32.3 Å². The fraction of sp³-hybridized carbons (Fsp3) is 0.333. The van der Waals surface area contributed by atoms with Crippen molar-refractivity contribution >= 4 is 11.6 Å². The van der Waals surface area contributed by atoms with Gasteiger partial charge in [0.2, 0.25) is 0 Å². The molecule has 0 bridgehead atoms. The Bertz CT molecular complexity index is 1020. The number of anilines is 1. The maximum atomic E-state index is 5.81. The Kier molecular flexibility index (Phi) is 7.46. The normalized spacial score (nSPS) is 13.3. The van der Waals surface area contributed by atoms with Crippen LogP contribution in [0.4, 0.5) is 5.69 Å². The molecule has 2 aromatic carbocycles. The molecule has 1 aliphatic heterocycles. The van der Waals surface area contributed by atoms with Gasteiger partial charge in [0, 0.05) is 43.5 Å². The van der Waals surface area contributed by atoms with Crippen molar-refractivity contribution in [3.05, 3.63) is 66.5 Å². The molecule has 0 radical (unpaired) electrons. The largest absolute Gasteiger partial charge is 0.494 e. The lowest BCUT2D eigenvalue weighted by atomic mass is 10.2. The highest BCUT2D eigenvalue weighted by Crippen LogP contribution is 2.32. The van der Waals surface area contributed by atoms with Crippen molar-refractivity contribution in [1.29, 1.82) is 0 Å². The number of para-hydroxylation sites is 1. The van der Waals surface area contributed by atoms with E-state index in [9.17, 15) is 0 Å². The van der Waals surface area contributed by atoms with Gasteiger partial charge in [-0.15, -0.1) is 0 Å². The highest BCUT2D eigenvalue weighted by molar-refractivity contribution is 5.93. The summed E-state index contributed by atoms with van der Waals surface area (Å²) in [4.78, 5) is 4.72. The standard InChI is InChI=1S/C24H29N5O3/c1-29-18-19(17-27-29)16-26-24(25-11-5-12-30-21-7-3-2-4-8-21)28-20-9-10-22-23(15-20)32-14-6-13-31-22/h2-4,7-10,15,17-18H,5-6,11-14,16H2,1H3,(H2,25,26,28). The van der Waals surface area contributed by atoms with Gasteiger partial charge in [-0.2, -0.15) is 5.10 Å². The molecule has 0 spiro atoms. The minimum Gasteiger partial charge on any atom is -0.494 e. The van der Waals surface area contributed by atoms with Gasteiger partial charge in [-0.25, -0.2) is 4.99 Å². The number of aryl methyl sites for hydroxylation is 1. The first-order valence-electron chi connectivity index (χ1n) is 10.9. The number of nitrogens with zero attached hydrogens (tertiary/aromatic N) is 3. The van der Waals surface area contributed by atoms with E-state index in [1.807, 2.05) is 68.0 Å². The molecule has 1 aromatic heterocycles. The number of guanidine groups is 1. The van der Waals surface area contributed by atoms with Crippen LogP contribution in [0.5, 0.6) is 17.2 Å². The molecule has 0 aliphatic carbocycles. The minimum atomic E-state index is 0.522. The zero-order valence-electron chi connectivity index (χ0n) is 18.3. The second-order valence-corrected chi connectivity index (χ2v) is 7.47. The summed E-state index contributed by atoms with van der Waals surface area (Å²) in [5, 5.41) is 11.0. The molecular formula is C24H29N5O3. The van der Waals surface area contributed by atoms with Crippen molar-refractivity contribution < 1.29 is 14.2 Å². The quantitative estimate of drug-likeness (QED) is 0.320. The molecule has 3 aromatic rings. The van der Waals surface area contributed by atoms with Gasteiger partial charge in [-0.3, -0.25) is 4.68 Å². The number of benzene rings is 2. The van der Waals surface area contributed by atoms with Crippen molar-refractivity contribution in [3.8, 4) is 17.2 Å². The lowest BCUT2D eigenvalue weighted by molar-refractivity contribution is 0.297. The number of rotatable bonds is 8. The first-order valence-corrected chi connectivity index (χ1v) is 10.9. The number of aliphatic imine (C=N–C) groups is 1. The molecule has 8 nitrogen and oxygen atoms in total. The summed E-state index contributed by atoms with van der Waals surface area (Å²) in [6.45, 7) is 3.18. The molecule has 0 fully saturated rings. The van der Waals surface area contributed by atoms with Crippen LogP contribution in [0.25, 0.3) is 0 Å². The Balaban J connectivity index is 1.36. The molecule has 0 amide bonds. The molecule has 0 saturated carbocycles. The summed E-state index contributed by atoms with van der Waals surface area (Å²) < 4.78 is 19.1. The third kappa shape index (κ3) is 6.41. The Hall–Kier alpha value is -3.68. The zero-order chi connectivity index (χ0) is 22.0. The number of aromatic nitrogens is 2. The van der Waals surface area contributed by atoms with Gasteiger partial charge >= 0.3 is 0 Å². The molecule has 0 atom stereocenters. The van der Waals surface area contributed by atoms with Crippen molar-refractivity contribution in [3.63, 3.8) is 0 Å². The van der Waals surface area contributed by atoms with Gasteiger partial charge < -0.3 is 24.8 Å². The Morgan fingerprint density at radius 1 is 1.12 bits per heavy atom. The Labute approximate surface area is 188 Å².